The standard InChI is InChI=1S/C11H20N4O/c1-11(2,3)15-10-13-6-5-9(14-10)12-7-8-16-4/h5-6H,7-8H2,1-4H3,(H2,12,13,14,15). The van der Waals surface area contributed by atoms with Gasteiger partial charge in [-0.1, -0.05) is 0 Å². The monoisotopic (exact) mass is 224 g/mol. The number of ether oxygens (including phenoxy) is 1. The summed E-state index contributed by atoms with van der Waals surface area (Å²) < 4.78 is 4.95. The van der Waals surface area contributed by atoms with Gasteiger partial charge in [0, 0.05) is 25.4 Å². The van der Waals surface area contributed by atoms with Crippen LogP contribution in [0, 0.1) is 0 Å². The van der Waals surface area contributed by atoms with Gasteiger partial charge in [0.1, 0.15) is 5.82 Å². The van der Waals surface area contributed by atoms with Gasteiger partial charge in [0.2, 0.25) is 5.95 Å². The number of hydrogen-bond acceptors (Lipinski definition) is 5. The van der Waals surface area contributed by atoms with Gasteiger partial charge < -0.3 is 15.4 Å². The molecule has 0 aliphatic carbocycles. The van der Waals surface area contributed by atoms with E-state index in [2.05, 4.69) is 41.4 Å². The van der Waals surface area contributed by atoms with E-state index in [9.17, 15) is 0 Å². The summed E-state index contributed by atoms with van der Waals surface area (Å²) in [5.41, 5.74) is -0.0366. The number of methoxy groups -OCH3 is 1. The highest BCUT2D eigenvalue weighted by Gasteiger charge is 2.10. The Kier molecular flexibility index (Phi) is 4.49. The van der Waals surface area contributed by atoms with E-state index in [1.807, 2.05) is 6.07 Å². The quantitative estimate of drug-likeness (QED) is 0.746. The van der Waals surface area contributed by atoms with Crippen molar-refractivity contribution in [3.8, 4) is 0 Å². The lowest BCUT2D eigenvalue weighted by molar-refractivity contribution is 0.210. The van der Waals surface area contributed by atoms with E-state index in [-0.39, 0.29) is 5.54 Å². The molecular weight excluding hydrogens is 204 g/mol. The molecule has 0 spiro atoms. The van der Waals surface area contributed by atoms with Crippen molar-refractivity contribution in [2.75, 3.05) is 30.9 Å². The molecule has 16 heavy (non-hydrogen) atoms. The van der Waals surface area contributed by atoms with Crippen LogP contribution in [0.5, 0.6) is 0 Å². The lowest BCUT2D eigenvalue weighted by Gasteiger charge is -2.20. The maximum absolute atomic E-state index is 4.95. The molecule has 1 aromatic heterocycles. The molecule has 0 atom stereocenters. The Morgan fingerprint density at radius 2 is 2.12 bits per heavy atom. The third-order valence-electron chi connectivity index (χ3n) is 1.75. The van der Waals surface area contributed by atoms with Crippen molar-refractivity contribution in [2.24, 2.45) is 0 Å². The van der Waals surface area contributed by atoms with Crippen molar-refractivity contribution >= 4 is 11.8 Å². The van der Waals surface area contributed by atoms with Crippen LogP contribution in [0.3, 0.4) is 0 Å². The van der Waals surface area contributed by atoms with Gasteiger partial charge in [0.05, 0.1) is 6.61 Å². The normalized spacial score (nSPS) is 11.2. The number of anilines is 2. The minimum atomic E-state index is -0.0366. The topological polar surface area (TPSA) is 59.1 Å². The second-order valence-electron chi connectivity index (χ2n) is 4.56. The molecule has 0 fully saturated rings. The smallest absolute Gasteiger partial charge is 0.224 e. The molecule has 0 bridgehead atoms. The van der Waals surface area contributed by atoms with E-state index < -0.39 is 0 Å². The Morgan fingerprint density at radius 3 is 2.75 bits per heavy atom. The van der Waals surface area contributed by atoms with Crippen LogP contribution < -0.4 is 10.6 Å². The van der Waals surface area contributed by atoms with E-state index in [1.54, 1.807) is 13.3 Å². The fraction of sp³-hybridized carbons (Fsp3) is 0.636. The summed E-state index contributed by atoms with van der Waals surface area (Å²) in [6.45, 7) is 7.61. The molecule has 1 heterocycles. The Bertz CT molecular complexity index is 322. The van der Waals surface area contributed by atoms with Crippen LogP contribution in [-0.2, 0) is 4.74 Å². The first-order valence-corrected chi connectivity index (χ1v) is 5.35. The van der Waals surface area contributed by atoms with Crippen LogP contribution >= 0.6 is 0 Å². The number of nitrogens with one attached hydrogen (secondary N) is 2. The van der Waals surface area contributed by atoms with Gasteiger partial charge in [-0.05, 0) is 26.8 Å². The third-order valence-corrected chi connectivity index (χ3v) is 1.75. The van der Waals surface area contributed by atoms with Gasteiger partial charge in [-0.3, -0.25) is 0 Å². The lowest BCUT2D eigenvalue weighted by Crippen LogP contribution is -2.27. The molecule has 0 aromatic carbocycles. The van der Waals surface area contributed by atoms with Crippen LogP contribution in [0.25, 0.3) is 0 Å². The third kappa shape index (κ3) is 4.93. The molecule has 0 saturated heterocycles. The van der Waals surface area contributed by atoms with Crippen LogP contribution in [0.2, 0.25) is 0 Å². The SMILES string of the molecule is COCCNc1ccnc(NC(C)(C)C)n1. The minimum absolute atomic E-state index is 0.0366. The van der Waals surface area contributed by atoms with Gasteiger partial charge >= 0.3 is 0 Å². The number of aromatic nitrogens is 2. The summed E-state index contributed by atoms with van der Waals surface area (Å²) in [7, 11) is 1.67. The van der Waals surface area contributed by atoms with E-state index in [4.69, 9.17) is 4.74 Å². The summed E-state index contributed by atoms with van der Waals surface area (Å²) in [6.07, 6.45) is 1.73. The van der Waals surface area contributed by atoms with Gasteiger partial charge in [0.25, 0.3) is 0 Å². The summed E-state index contributed by atoms with van der Waals surface area (Å²) in [5, 5.41) is 6.37. The van der Waals surface area contributed by atoms with Crippen molar-refractivity contribution < 1.29 is 4.74 Å². The zero-order valence-corrected chi connectivity index (χ0v) is 10.4. The summed E-state index contributed by atoms with van der Waals surface area (Å²) in [4.78, 5) is 8.50. The minimum Gasteiger partial charge on any atom is -0.383 e. The van der Waals surface area contributed by atoms with Crippen LogP contribution in [0.15, 0.2) is 12.3 Å². The molecular formula is C11H20N4O. The molecule has 0 amide bonds. The fourth-order valence-electron chi connectivity index (χ4n) is 1.13. The number of hydrogen-bond donors (Lipinski definition) is 2. The number of rotatable bonds is 5. The van der Waals surface area contributed by atoms with E-state index >= 15 is 0 Å². The van der Waals surface area contributed by atoms with Gasteiger partial charge in [-0.25, -0.2) is 4.98 Å². The fourth-order valence-corrected chi connectivity index (χ4v) is 1.13. The first-order chi connectivity index (χ1) is 7.51. The molecule has 2 N–H and O–H groups in total. The Hall–Kier alpha value is -1.36. The molecule has 5 nitrogen and oxygen atoms in total. The van der Waals surface area contributed by atoms with Crippen LogP contribution in [-0.4, -0.2) is 35.8 Å². The molecule has 0 aliphatic rings. The molecule has 90 valence electrons. The predicted molar refractivity (Wildman–Crippen MR) is 65.8 cm³/mol. The Balaban J connectivity index is 2.57. The second kappa shape index (κ2) is 5.65. The summed E-state index contributed by atoms with van der Waals surface area (Å²) >= 11 is 0. The van der Waals surface area contributed by atoms with Crippen LogP contribution in [0.1, 0.15) is 20.8 Å². The van der Waals surface area contributed by atoms with Gasteiger partial charge in [0.15, 0.2) is 0 Å². The van der Waals surface area contributed by atoms with E-state index in [0.29, 0.717) is 12.6 Å². The second-order valence-corrected chi connectivity index (χ2v) is 4.56. The predicted octanol–water partition coefficient (Wildman–Crippen LogP) is 1.75. The highest BCUT2D eigenvalue weighted by Crippen LogP contribution is 2.11. The highest BCUT2D eigenvalue weighted by atomic mass is 16.5. The molecule has 0 saturated carbocycles. The van der Waals surface area contributed by atoms with Crippen molar-refractivity contribution in [3.63, 3.8) is 0 Å². The lowest BCUT2D eigenvalue weighted by atomic mass is 10.1. The van der Waals surface area contributed by atoms with Crippen molar-refractivity contribution in [1.82, 2.24) is 9.97 Å². The van der Waals surface area contributed by atoms with Crippen molar-refractivity contribution in [3.05, 3.63) is 12.3 Å². The first kappa shape index (κ1) is 12.7. The first-order valence-electron chi connectivity index (χ1n) is 5.35. The zero-order chi connectivity index (χ0) is 12.0. The Morgan fingerprint density at radius 1 is 1.38 bits per heavy atom. The largest absolute Gasteiger partial charge is 0.383 e. The van der Waals surface area contributed by atoms with Crippen molar-refractivity contribution in [1.29, 1.82) is 0 Å². The molecule has 5 heteroatoms. The molecule has 1 rings (SSSR count). The van der Waals surface area contributed by atoms with Gasteiger partial charge in [-0.15, -0.1) is 0 Å². The van der Waals surface area contributed by atoms with Crippen molar-refractivity contribution in [2.45, 2.75) is 26.3 Å². The summed E-state index contributed by atoms with van der Waals surface area (Å²) in [6, 6.07) is 1.84. The average Bonchev–Trinajstić information content (AvgIpc) is 2.16. The number of nitrogens with zero attached hydrogens (tertiary/aromatic N) is 2. The summed E-state index contributed by atoms with van der Waals surface area (Å²) in [5.74, 6) is 1.44. The van der Waals surface area contributed by atoms with E-state index in [0.717, 1.165) is 12.4 Å². The van der Waals surface area contributed by atoms with Crippen LogP contribution in [0.4, 0.5) is 11.8 Å². The maximum Gasteiger partial charge on any atom is 0.224 e. The zero-order valence-electron chi connectivity index (χ0n) is 10.4. The maximum atomic E-state index is 4.95. The molecule has 0 aliphatic heterocycles. The van der Waals surface area contributed by atoms with Gasteiger partial charge in [-0.2, -0.15) is 4.98 Å². The molecule has 0 radical (unpaired) electrons. The Labute approximate surface area is 96.6 Å². The molecule has 0 unspecified atom stereocenters. The average molecular weight is 224 g/mol. The molecule has 1 aromatic rings. The highest BCUT2D eigenvalue weighted by molar-refractivity contribution is 5.40. The van der Waals surface area contributed by atoms with E-state index in [1.165, 1.54) is 0 Å².